The van der Waals surface area contributed by atoms with E-state index in [0.717, 1.165) is 19.4 Å². The summed E-state index contributed by atoms with van der Waals surface area (Å²) in [7, 11) is 0. The topological polar surface area (TPSA) is 55.8 Å². The SMILES string of the molecule is CCCCOCCOCC(C)C(=O)O. The molecular formula is C10H20O4. The molecule has 0 aliphatic heterocycles. The van der Waals surface area contributed by atoms with Crippen LogP contribution < -0.4 is 0 Å². The molecule has 0 rings (SSSR count). The molecule has 1 atom stereocenters. The summed E-state index contributed by atoms with van der Waals surface area (Å²) in [5.74, 6) is -1.26. The molecule has 0 aromatic carbocycles. The van der Waals surface area contributed by atoms with E-state index in [9.17, 15) is 4.79 Å². The molecule has 0 fully saturated rings. The largest absolute Gasteiger partial charge is 0.481 e. The van der Waals surface area contributed by atoms with Gasteiger partial charge < -0.3 is 14.6 Å². The van der Waals surface area contributed by atoms with E-state index in [1.165, 1.54) is 0 Å². The molecule has 1 N–H and O–H groups in total. The van der Waals surface area contributed by atoms with Crippen LogP contribution in [0.15, 0.2) is 0 Å². The molecule has 0 aliphatic carbocycles. The first-order chi connectivity index (χ1) is 6.68. The van der Waals surface area contributed by atoms with Crippen LogP contribution in [0, 0.1) is 5.92 Å². The first kappa shape index (κ1) is 13.4. The third-order valence-electron chi connectivity index (χ3n) is 1.80. The van der Waals surface area contributed by atoms with Gasteiger partial charge in [-0.25, -0.2) is 0 Å². The molecule has 0 saturated heterocycles. The molecule has 0 radical (unpaired) electrons. The first-order valence-electron chi connectivity index (χ1n) is 5.06. The van der Waals surface area contributed by atoms with Crippen LogP contribution in [-0.2, 0) is 14.3 Å². The number of hydrogen-bond acceptors (Lipinski definition) is 3. The Morgan fingerprint density at radius 3 is 2.50 bits per heavy atom. The predicted octanol–water partition coefficient (Wildman–Crippen LogP) is 1.54. The molecule has 0 heterocycles. The number of carbonyl (C=O) groups is 1. The van der Waals surface area contributed by atoms with Crippen molar-refractivity contribution in [2.45, 2.75) is 26.7 Å². The van der Waals surface area contributed by atoms with Gasteiger partial charge in [-0.3, -0.25) is 4.79 Å². The van der Waals surface area contributed by atoms with Gasteiger partial charge in [0, 0.05) is 6.61 Å². The normalized spacial score (nSPS) is 12.7. The standard InChI is InChI=1S/C10H20O4/c1-3-4-5-13-6-7-14-8-9(2)10(11)12/h9H,3-8H2,1-2H3,(H,11,12). The average molecular weight is 204 g/mol. The van der Waals surface area contributed by atoms with E-state index in [1.807, 2.05) is 0 Å². The number of hydrogen-bond donors (Lipinski definition) is 1. The second-order valence-electron chi connectivity index (χ2n) is 3.28. The third-order valence-corrected chi connectivity index (χ3v) is 1.80. The molecule has 1 unspecified atom stereocenters. The van der Waals surface area contributed by atoms with Crippen LogP contribution in [0.5, 0.6) is 0 Å². The van der Waals surface area contributed by atoms with Gasteiger partial charge in [0.25, 0.3) is 0 Å². The summed E-state index contributed by atoms with van der Waals surface area (Å²) in [6.45, 7) is 5.77. The highest BCUT2D eigenvalue weighted by molar-refractivity contribution is 5.69. The summed E-state index contributed by atoms with van der Waals surface area (Å²) in [4.78, 5) is 10.4. The Labute approximate surface area is 85.2 Å². The van der Waals surface area contributed by atoms with Crippen molar-refractivity contribution in [3.63, 3.8) is 0 Å². The lowest BCUT2D eigenvalue weighted by atomic mass is 10.2. The van der Waals surface area contributed by atoms with Crippen LogP contribution in [-0.4, -0.2) is 37.5 Å². The zero-order chi connectivity index (χ0) is 10.8. The maximum Gasteiger partial charge on any atom is 0.308 e. The zero-order valence-electron chi connectivity index (χ0n) is 8.99. The van der Waals surface area contributed by atoms with Crippen molar-refractivity contribution < 1.29 is 19.4 Å². The number of rotatable bonds is 9. The van der Waals surface area contributed by atoms with Gasteiger partial charge in [0.15, 0.2) is 0 Å². The lowest BCUT2D eigenvalue weighted by molar-refractivity contribution is -0.143. The van der Waals surface area contributed by atoms with E-state index in [-0.39, 0.29) is 6.61 Å². The molecule has 0 bridgehead atoms. The van der Waals surface area contributed by atoms with Crippen molar-refractivity contribution in [1.82, 2.24) is 0 Å². The van der Waals surface area contributed by atoms with E-state index >= 15 is 0 Å². The summed E-state index contributed by atoms with van der Waals surface area (Å²) in [6, 6.07) is 0. The maximum atomic E-state index is 10.4. The first-order valence-corrected chi connectivity index (χ1v) is 5.06. The second kappa shape index (κ2) is 8.97. The van der Waals surface area contributed by atoms with Crippen LogP contribution in [0.3, 0.4) is 0 Å². The second-order valence-corrected chi connectivity index (χ2v) is 3.28. The molecule has 4 heteroatoms. The summed E-state index contributed by atoms with van der Waals surface area (Å²) in [5, 5.41) is 8.54. The molecule has 0 aromatic rings. The summed E-state index contributed by atoms with van der Waals surface area (Å²) >= 11 is 0. The molecule has 4 nitrogen and oxygen atoms in total. The molecule has 14 heavy (non-hydrogen) atoms. The monoisotopic (exact) mass is 204 g/mol. The van der Waals surface area contributed by atoms with Crippen molar-refractivity contribution in [2.24, 2.45) is 5.92 Å². The van der Waals surface area contributed by atoms with Crippen molar-refractivity contribution in [3.8, 4) is 0 Å². The Morgan fingerprint density at radius 1 is 1.29 bits per heavy atom. The fraction of sp³-hybridized carbons (Fsp3) is 0.900. The highest BCUT2D eigenvalue weighted by Gasteiger charge is 2.09. The van der Waals surface area contributed by atoms with E-state index in [0.29, 0.717) is 13.2 Å². The minimum Gasteiger partial charge on any atom is -0.481 e. The number of unbranched alkanes of at least 4 members (excludes halogenated alkanes) is 1. The fourth-order valence-electron chi connectivity index (χ4n) is 0.798. The zero-order valence-corrected chi connectivity index (χ0v) is 8.99. The quantitative estimate of drug-likeness (QED) is 0.579. The Balaban J connectivity index is 3.09. The molecule has 0 saturated carbocycles. The Kier molecular flexibility index (Phi) is 8.57. The molecular weight excluding hydrogens is 184 g/mol. The summed E-state index contributed by atoms with van der Waals surface area (Å²) < 4.78 is 10.4. The number of carboxylic acids is 1. The van der Waals surface area contributed by atoms with Crippen molar-refractivity contribution >= 4 is 5.97 Å². The van der Waals surface area contributed by atoms with Gasteiger partial charge in [-0.05, 0) is 13.3 Å². The Morgan fingerprint density at radius 2 is 1.93 bits per heavy atom. The van der Waals surface area contributed by atoms with Gasteiger partial charge in [0.05, 0.1) is 25.7 Å². The highest BCUT2D eigenvalue weighted by atomic mass is 16.5. The van der Waals surface area contributed by atoms with Crippen LogP contribution in [0.1, 0.15) is 26.7 Å². The Hall–Kier alpha value is -0.610. The van der Waals surface area contributed by atoms with Gasteiger partial charge in [-0.2, -0.15) is 0 Å². The molecule has 0 spiro atoms. The summed E-state index contributed by atoms with van der Waals surface area (Å²) in [6.07, 6.45) is 2.18. The average Bonchev–Trinajstić information content (AvgIpc) is 2.16. The molecule has 0 aliphatic rings. The van der Waals surface area contributed by atoms with E-state index in [1.54, 1.807) is 6.92 Å². The highest BCUT2D eigenvalue weighted by Crippen LogP contribution is 1.95. The van der Waals surface area contributed by atoms with Crippen molar-refractivity contribution in [3.05, 3.63) is 0 Å². The summed E-state index contributed by atoms with van der Waals surface area (Å²) in [5.41, 5.74) is 0. The molecule has 0 aromatic heterocycles. The molecule has 0 amide bonds. The van der Waals surface area contributed by atoms with Crippen LogP contribution in [0.2, 0.25) is 0 Å². The van der Waals surface area contributed by atoms with E-state index in [4.69, 9.17) is 14.6 Å². The van der Waals surface area contributed by atoms with Gasteiger partial charge in [0.1, 0.15) is 0 Å². The Bertz CT molecular complexity index is 147. The minimum absolute atomic E-state index is 0.256. The van der Waals surface area contributed by atoms with Crippen LogP contribution in [0.4, 0.5) is 0 Å². The number of carboxylic acid groups (broad SMARTS) is 1. The molecule has 84 valence electrons. The van der Waals surface area contributed by atoms with Crippen LogP contribution in [0.25, 0.3) is 0 Å². The smallest absolute Gasteiger partial charge is 0.308 e. The van der Waals surface area contributed by atoms with Gasteiger partial charge in [-0.1, -0.05) is 13.3 Å². The van der Waals surface area contributed by atoms with Gasteiger partial charge >= 0.3 is 5.97 Å². The minimum atomic E-state index is -0.822. The predicted molar refractivity (Wildman–Crippen MR) is 53.3 cm³/mol. The fourth-order valence-corrected chi connectivity index (χ4v) is 0.798. The number of aliphatic carboxylic acids is 1. The van der Waals surface area contributed by atoms with Crippen LogP contribution >= 0.6 is 0 Å². The number of ether oxygens (including phenoxy) is 2. The van der Waals surface area contributed by atoms with Gasteiger partial charge in [-0.15, -0.1) is 0 Å². The lowest BCUT2D eigenvalue weighted by Crippen LogP contribution is -2.17. The maximum absolute atomic E-state index is 10.4. The van der Waals surface area contributed by atoms with E-state index in [2.05, 4.69) is 6.92 Å². The van der Waals surface area contributed by atoms with Crippen molar-refractivity contribution in [1.29, 1.82) is 0 Å². The third kappa shape index (κ3) is 8.01. The van der Waals surface area contributed by atoms with Crippen molar-refractivity contribution in [2.75, 3.05) is 26.4 Å². The van der Waals surface area contributed by atoms with E-state index < -0.39 is 11.9 Å². The van der Waals surface area contributed by atoms with Gasteiger partial charge in [0.2, 0.25) is 0 Å². The lowest BCUT2D eigenvalue weighted by Gasteiger charge is -2.07.